The molecule has 0 unspecified atom stereocenters. The number of imide groups is 1. The Morgan fingerprint density at radius 3 is 2.63 bits per heavy atom. The van der Waals surface area contributed by atoms with E-state index in [2.05, 4.69) is 20.8 Å². The zero-order valence-electron chi connectivity index (χ0n) is 11.1. The van der Waals surface area contributed by atoms with Gasteiger partial charge in [0, 0.05) is 13.6 Å². The van der Waals surface area contributed by atoms with E-state index in [0.29, 0.717) is 17.6 Å². The van der Waals surface area contributed by atoms with E-state index in [1.54, 1.807) is 11.6 Å². The van der Waals surface area contributed by atoms with Crippen LogP contribution in [0.3, 0.4) is 0 Å². The third kappa shape index (κ3) is 5.16. The minimum absolute atomic E-state index is 0.0705. The van der Waals surface area contributed by atoms with Gasteiger partial charge in [0.05, 0.1) is 5.75 Å². The average Bonchev–Trinajstić information content (AvgIpc) is 2.65. The minimum atomic E-state index is -0.489. The van der Waals surface area contributed by atoms with Gasteiger partial charge in [-0.2, -0.15) is 0 Å². The number of nitrogens with one attached hydrogen (secondary N) is 2. The number of nitrogens with zero attached hydrogens (tertiary/aromatic N) is 3. The monoisotopic (exact) mass is 286 g/mol. The zero-order valence-corrected chi connectivity index (χ0v) is 12.0. The topological polar surface area (TPSA) is 115 Å². The molecule has 0 atom stereocenters. The molecule has 1 aromatic rings. The van der Waals surface area contributed by atoms with Crippen LogP contribution in [0.5, 0.6) is 0 Å². The summed E-state index contributed by atoms with van der Waals surface area (Å²) in [6, 6.07) is -0.489. The molecule has 0 fully saturated rings. The number of carbonyl (C=O) groups is 2. The van der Waals surface area contributed by atoms with Crippen molar-refractivity contribution in [1.82, 2.24) is 25.4 Å². The minimum Gasteiger partial charge on any atom is -0.368 e. The number of nitrogens with two attached hydrogens (primary N) is 1. The highest BCUT2D eigenvalue weighted by molar-refractivity contribution is 7.99. The van der Waals surface area contributed by atoms with Gasteiger partial charge in [-0.1, -0.05) is 25.6 Å². The molecule has 1 rings (SSSR count). The van der Waals surface area contributed by atoms with E-state index in [1.807, 2.05) is 13.8 Å². The fourth-order valence-electron chi connectivity index (χ4n) is 1.09. The van der Waals surface area contributed by atoms with Gasteiger partial charge in [0.25, 0.3) is 0 Å². The van der Waals surface area contributed by atoms with Crippen LogP contribution >= 0.6 is 11.8 Å². The fourth-order valence-corrected chi connectivity index (χ4v) is 1.80. The zero-order chi connectivity index (χ0) is 14.4. The molecular weight excluding hydrogens is 268 g/mol. The maximum Gasteiger partial charge on any atom is 0.321 e. The Morgan fingerprint density at radius 1 is 1.42 bits per heavy atom. The van der Waals surface area contributed by atoms with E-state index >= 15 is 0 Å². The van der Waals surface area contributed by atoms with Gasteiger partial charge in [-0.05, 0) is 5.92 Å². The van der Waals surface area contributed by atoms with Crippen LogP contribution in [0.15, 0.2) is 5.16 Å². The first-order chi connectivity index (χ1) is 8.90. The van der Waals surface area contributed by atoms with Gasteiger partial charge in [0.1, 0.15) is 0 Å². The van der Waals surface area contributed by atoms with E-state index in [-0.39, 0.29) is 11.7 Å². The number of thioether (sulfide) groups is 1. The number of amides is 3. The van der Waals surface area contributed by atoms with Crippen molar-refractivity contribution in [3.05, 3.63) is 0 Å². The molecule has 4 N–H and O–H groups in total. The summed E-state index contributed by atoms with van der Waals surface area (Å²) >= 11 is 1.16. The molecule has 3 amide bonds. The number of hydrogen-bond donors (Lipinski definition) is 3. The van der Waals surface area contributed by atoms with Gasteiger partial charge < -0.3 is 11.1 Å². The molecular formula is C10H18N6O2S. The highest BCUT2D eigenvalue weighted by Crippen LogP contribution is 2.15. The molecule has 0 aromatic carbocycles. The van der Waals surface area contributed by atoms with Crippen LogP contribution in [0.4, 0.5) is 10.7 Å². The second kappa shape index (κ2) is 6.98. The van der Waals surface area contributed by atoms with Crippen LogP contribution in [-0.2, 0) is 11.8 Å². The summed E-state index contributed by atoms with van der Waals surface area (Å²) in [7, 11) is 1.70. The molecule has 1 aromatic heterocycles. The van der Waals surface area contributed by atoms with Crippen molar-refractivity contribution in [3.8, 4) is 0 Å². The van der Waals surface area contributed by atoms with Crippen LogP contribution in [0.2, 0.25) is 0 Å². The number of carbonyl (C=O) groups excluding carboxylic acids is 2. The van der Waals surface area contributed by atoms with Crippen molar-refractivity contribution in [2.24, 2.45) is 13.0 Å². The second-order valence-electron chi connectivity index (χ2n) is 4.34. The summed E-state index contributed by atoms with van der Waals surface area (Å²) in [6.45, 7) is 4.46. The van der Waals surface area contributed by atoms with Crippen molar-refractivity contribution >= 4 is 29.6 Å². The van der Waals surface area contributed by atoms with Gasteiger partial charge in [0.15, 0.2) is 5.16 Å². The highest BCUT2D eigenvalue weighted by Gasteiger charge is 2.11. The molecule has 0 radical (unpaired) electrons. The van der Waals surface area contributed by atoms with Crippen LogP contribution in [0.25, 0.3) is 0 Å². The summed E-state index contributed by atoms with van der Waals surface area (Å²) < 4.78 is 1.57. The molecule has 0 aliphatic carbocycles. The molecule has 0 aliphatic heterocycles. The third-order valence-electron chi connectivity index (χ3n) is 2.12. The predicted molar refractivity (Wildman–Crippen MR) is 72.5 cm³/mol. The summed E-state index contributed by atoms with van der Waals surface area (Å²) in [6.07, 6.45) is 0. The SMILES string of the molecule is CC(C)CNC(=O)NC(=O)CSc1nnc(N)n1C. The number of anilines is 1. The lowest BCUT2D eigenvalue weighted by Gasteiger charge is -2.08. The standard InChI is InChI=1S/C10H18N6O2S/c1-6(2)4-12-9(18)13-7(17)5-19-10-15-14-8(11)16(10)3/h6H,4-5H2,1-3H3,(H2,11,14)(H2,12,13,17,18). The lowest BCUT2D eigenvalue weighted by Crippen LogP contribution is -2.41. The van der Waals surface area contributed by atoms with Crippen LogP contribution in [0.1, 0.15) is 13.8 Å². The van der Waals surface area contributed by atoms with E-state index in [0.717, 1.165) is 11.8 Å². The first kappa shape index (κ1) is 15.3. The van der Waals surface area contributed by atoms with Gasteiger partial charge in [-0.15, -0.1) is 10.2 Å². The molecule has 0 aliphatic rings. The molecule has 19 heavy (non-hydrogen) atoms. The summed E-state index contributed by atoms with van der Waals surface area (Å²) in [5, 5.41) is 12.8. The number of rotatable bonds is 5. The first-order valence-electron chi connectivity index (χ1n) is 5.75. The first-order valence-corrected chi connectivity index (χ1v) is 6.74. The van der Waals surface area contributed by atoms with Gasteiger partial charge in [-0.25, -0.2) is 4.79 Å². The molecule has 0 bridgehead atoms. The van der Waals surface area contributed by atoms with Gasteiger partial charge >= 0.3 is 6.03 Å². The van der Waals surface area contributed by atoms with E-state index in [9.17, 15) is 9.59 Å². The Labute approximate surface area is 115 Å². The Bertz CT molecular complexity index is 459. The number of hydrogen-bond acceptors (Lipinski definition) is 6. The Balaban J connectivity index is 2.32. The second-order valence-corrected chi connectivity index (χ2v) is 5.28. The number of nitrogen functional groups attached to an aromatic ring is 1. The van der Waals surface area contributed by atoms with Crippen LogP contribution in [-0.4, -0.2) is 39.0 Å². The fraction of sp³-hybridized carbons (Fsp3) is 0.600. The lowest BCUT2D eigenvalue weighted by atomic mass is 10.2. The van der Waals surface area contributed by atoms with E-state index in [1.165, 1.54) is 0 Å². The van der Waals surface area contributed by atoms with Crippen LogP contribution in [0, 0.1) is 5.92 Å². The quantitative estimate of drug-likeness (QED) is 0.655. The Morgan fingerprint density at radius 2 is 2.11 bits per heavy atom. The van der Waals surface area contributed by atoms with E-state index in [4.69, 9.17) is 5.73 Å². The van der Waals surface area contributed by atoms with Crippen molar-refractivity contribution in [2.75, 3.05) is 18.0 Å². The molecule has 0 saturated heterocycles. The molecule has 0 saturated carbocycles. The molecule has 8 nitrogen and oxygen atoms in total. The summed E-state index contributed by atoms with van der Waals surface area (Å²) in [5.41, 5.74) is 5.51. The third-order valence-corrected chi connectivity index (χ3v) is 3.14. The summed E-state index contributed by atoms with van der Waals surface area (Å²) in [4.78, 5) is 22.8. The number of urea groups is 1. The molecule has 0 spiro atoms. The predicted octanol–water partition coefficient (Wildman–Crippen LogP) is -0.0288. The molecule has 9 heteroatoms. The maximum absolute atomic E-state index is 11.5. The van der Waals surface area contributed by atoms with Crippen molar-refractivity contribution in [1.29, 1.82) is 0 Å². The highest BCUT2D eigenvalue weighted by atomic mass is 32.2. The smallest absolute Gasteiger partial charge is 0.321 e. The van der Waals surface area contributed by atoms with Crippen molar-refractivity contribution in [2.45, 2.75) is 19.0 Å². The molecule has 1 heterocycles. The molecule has 106 valence electrons. The van der Waals surface area contributed by atoms with Gasteiger partial charge in [0.2, 0.25) is 11.9 Å². The Hall–Kier alpha value is -1.77. The van der Waals surface area contributed by atoms with Crippen molar-refractivity contribution < 1.29 is 9.59 Å². The van der Waals surface area contributed by atoms with Gasteiger partial charge in [-0.3, -0.25) is 14.7 Å². The largest absolute Gasteiger partial charge is 0.368 e. The summed E-state index contributed by atoms with van der Waals surface area (Å²) in [5.74, 6) is 0.281. The lowest BCUT2D eigenvalue weighted by molar-refractivity contribution is -0.117. The Kier molecular flexibility index (Phi) is 5.61. The maximum atomic E-state index is 11.5. The average molecular weight is 286 g/mol. The van der Waals surface area contributed by atoms with E-state index < -0.39 is 11.9 Å². The van der Waals surface area contributed by atoms with Crippen molar-refractivity contribution in [3.63, 3.8) is 0 Å². The van der Waals surface area contributed by atoms with Crippen LogP contribution < -0.4 is 16.4 Å². The normalized spacial score (nSPS) is 10.5. The number of aromatic nitrogens is 3.